The second kappa shape index (κ2) is 12.3. The molecule has 0 saturated heterocycles. The van der Waals surface area contributed by atoms with Gasteiger partial charge in [-0.25, -0.2) is 4.98 Å². The van der Waals surface area contributed by atoms with E-state index >= 15 is 0 Å². The van der Waals surface area contributed by atoms with Crippen LogP contribution in [0.25, 0.3) is 66.7 Å². The fourth-order valence-electron chi connectivity index (χ4n) is 7.05. The molecule has 252 valence electrons. The third-order valence-corrected chi connectivity index (χ3v) is 9.79. The maximum Gasteiger partial charge on any atom is 0.145 e. The summed E-state index contributed by atoms with van der Waals surface area (Å²) in [6, 6.07) is 36.8. The summed E-state index contributed by atoms with van der Waals surface area (Å²) in [7, 11) is 0. The number of aryl methyl sites for hydroxylation is 1. The van der Waals surface area contributed by atoms with E-state index in [0.29, 0.717) is 0 Å². The van der Waals surface area contributed by atoms with Gasteiger partial charge in [0.05, 0.1) is 22.1 Å². The third kappa shape index (κ3) is 6.08. The Morgan fingerprint density at radius 2 is 1.26 bits per heavy atom. The highest BCUT2D eigenvalue weighted by molar-refractivity contribution is 6.00. The molecule has 1 N–H and O–H groups in total. The fraction of sp³-hybridized carbons (Fsp3) is 0.261. The molecule has 4 nitrogen and oxygen atoms in total. The van der Waals surface area contributed by atoms with E-state index in [0.717, 1.165) is 72.3 Å². The van der Waals surface area contributed by atoms with Crippen LogP contribution < -0.4 is 0 Å². The molecule has 0 atom stereocenters. The highest BCUT2D eigenvalue weighted by atomic mass is 16.3. The first-order valence-electron chi connectivity index (χ1n) is 17.7. The molecule has 0 bridgehead atoms. The average molecular weight is 658 g/mol. The molecule has 7 aromatic rings. The second-order valence-electron chi connectivity index (χ2n) is 16.1. The standard InChI is InChI=1S/C46H47N3O/c1-28(2)49-40-25-32(30-14-11-10-12-15-30)24-37(43(40)48-44(49)39-26-35(45(4,5)6)17-18-41(39)50)33-20-29(3)21-34(22-33)38-27-36(46(7,8)9)23-31-16-13-19-47-42(31)38/h10-28,50H,1-9H3. The van der Waals surface area contributed by atoms with Crippen LogP contribution in [0.5, 0.6) is 5.75 Å². The maximum absolute atomic E-state index is 11.3. The van der Waals surface area contributed by atoms with Gasteiger partial charge in [0.15, 0.2) is 0 Å². The highest BCUT2D eigenvalue weighted by Crippen LogP contribution is 2.43. The van der Waals surface area contributed by atoms with Crippen molar-refractivity contribution in [3.63, 3.8) is 0 Å². The summed E-state index contributed by atoms with van der Waals surface area (Å²) in [6.45, 7) is 19.9. The van der Waals surface area contributed by atoms with Gasteiger partial charge in [0.2, 0.25) is 0 Å². The number of aromatic nitrogens is 3. The molecule has 0 radical (unpaired) electrons. The molecular formula is C46H47N3O. The van der Waals surface area contributed by atoms with E-state index in [2.05, 4.69) is 152 Å². The van der Waals surface area contributed by atoms with Crippen LogP contribution in [-0.4, -0.2) is 19.6 Å². The van der Waals surface area contributed by atoms with Crippen molar-refractivity contribution >= 4 is 21.9 Å². The highest BCUT2D eigenvalue weighted by Gasteiger charge is 2.24. The SMILES string of the molecule is Cc1cc(-c2cc(C(C)(C)C)cc3cccnc23)cc(-c2cc(-c3ccccc3)cc3c2nc(-c2cc(C(C)(C)C)ccc2O)n3C(C)C)c1. The zero-order chi connectivity index (χ0) is 35.5. The molecule has 4 heteroatoms. The minimum Gasteiger partial charge on any atom is -0.507 e. The lowest BCUT2D eigenvalue weighted by Crippen LogP contribution is -2.11. The zero-order valence-corrected chi connectivity index (χ0v) is 30.8. The maximum atomic E-state index is 11.3. The van der Waals surface area contributed by atoms with Crippen molar-refractivity contribution in [3.8, 4) is 50.5 Å². The summed E-state index contributed by atoms with van der Waals surface area (Å²) in [5.74, 6) is 1.00. The Balaban J connectivity index is 1.54. The first-order chi connectivity index (χ1) is 23.7. The van der Waals surface area contributed by atoms with Crippen LogP contribution in [-0.2, 0) is 10.8 Å². The van der Waals surface area contributed by atoms with Gasteiger partial charge in [0.25, 0.3) is 0 Å². The number of benzene rings is 5. The van der Waals surface area contributed by atoms with Crippen LogP contribution in [0.3, 0.4) is 0 Å². The van der Waals surface area contributed by atoms with E-state index in [-0.39, 0.29) is 22.6 Å². The number of rotatable bonds is 5. The van der Waals surface area contributed by atoms with E-state index in [1.807, 2.05) is 24.4 Å². The topological polar surface area (TPSA) is 50.9 Å². The molecule has 50 heavy (non-hydrogen) atoms. The van der Waals surface area contributed by atoms with Crippen molar-refractivity contribution in [1.29, 1.82) is 0 Å². The van der Waals surface area contributed by atoms with Crippen molar-refractivity contribution in [2.24, 2.45) is 0 Å². The minimum absolute atomic E-state index is 0.0163. The Kier molecular flexibility index (Phi) is 8.17. The monoisotopic (exact) mass is 657 g/mol. The Bertz CT molecular complexity index is 2380. The molecule has 0 aliphatic carbocycles. The molecule has 5 aromatic carbocycles. The molecular weight excluding hydrogens is 611 g/mol. The summed E-state index contributed by atoms with van der Waals surface area (Å²) >= 11 is 0. The van der Waals surface area contributed by atoms with Crippen molar-refractivity contribution < 1.29 is 5.11 Å². The lowest BCUT2D eigenvalue weighted by Gasteiger charge is -2.21. The fourth-order valence-corrected chi connectivity index (χ4v) is 7.05. The Labute approximate surface area is 296 Å². The average Bonchev–Trinajstić information content (AvgIpc) is 3.46. The summed E-state index contributed by atoms with van der Waals surface area (Å²) < 4.78 is 2.29. The van der Waals surface area contributed by atoms with Crippen molar-refractivity contribution in [2.45, 2.75) is 79.2 Å². The molecule has 7 rings (SSSR count). The Morgan fingerprint density at radius 1 is 0.600 bits per heavy atom. The number of phenolic OH excluding ortho intramolecular Hbond substituents is 1. The number of fused-ring (bicyclic) bond motifs is 2. The lowest BCUT2D eigenvalue weighted by atomic mass is 9.83. The third-order valence-electron chi connectivity index (χ3n) is 9.79. The van der Waals surface area contributed by atoms with Crippen LogP contribution in [0.15, 0.2) is 109 Å². The first-order valence-corrected chi connectivity index (χ1v) is 17.7. The predicted molar refractivity (Wildman–Crippen MR) is 211 cm³/mol. The molecule has 2 heterocycles. The molecule has 0 amide bonds. The Hall–Kier alpha value is -5.22. The van der Waals surface area contributed by atoms with Gasteiger partial charge in [-0.1, -0.05) is 96.1 Å². The summed E-state index contributed by atoms with van der Waals surface area (Å²) in [5.41, 5.74) is 13.9. The molecule has 0 fully saturated rings. The van der Waals surface area contributed by atoms with Gasteiger partial charge in [0, 0.05) is 28.8 Å². The van der Waals surface area contributed by atoms with E-state index in [4.69, 9.17) is 9.97 Å². The summed E-state index contributed by atoms with van der Waals surface area (Å²) in [4.78, 5) is 10.3. The number of hydrogen-bond acceptors (Lipinski definition) is 3. The van der Waals surface area contributed by atoms with Gasteiger partial charge in [-0.05, 0) is 119 Å². The van der Waals surface area contributed by atoms with Gasteiger partial charge in [-0.15, -0.1) is 0 Å². The number of nitrogens with zero attached hydrogens (tertiary/aromatic N) is 3. The van der Waals surface area contributed by atoms with E-state index in [1.165, 1.54) is 11.1 Å². The van der Waals surface area contributed by atoms with E-state index in [9.17, 15) is 5.11 Å². The van der Waals surface area contributed by atoms with Crippen LogP contribution >= 0.6 is 0 Å². The van der Waals surface area contributed by atoms with Gasteiger partial charge in [0.1, 0.15) is 11.6 Å². The van der Waals surface area contributed by atoms with E-state index in [1.54, 1.807) is 0 Å². The van der Waals surface area contributed by atoms with Crippen LogP contribution in [0, 0.1) is 6.92 Å². The van der Waals surface area contributed by atoms with Crippen LogP contribution in [0.1, 0.15) is 78.1 Å². The molecule has 0 aliphatic heterocycles. The van der Waals surface area contributed by atoms with Gasteiger partial charge >= 0.3 is 0 Å². The zero-order valence-electron chi connectivity index (χ0n) is 30.8. The quantitative estimate of drug-likeness (QED) is 0.200. The van der Waals surface area contributed by atoms with Gasteiger partial charge < -0.3 is 9.67 Å². The first kappa shape index (κ1) is 33.3. The smallest absolute Gasteiger partial charge is 0.145 e. The van der Waals surface area contributed by atoms with Crippen molar-refractivity contribution in [2.75, 3.05) is 0 Å². The largest absolute Gasteiger partial charge is 0.507 e. The molecule has 0 spiro atoms. The second-order valence-corrected chi connectivity index (χ2v) is 16.1. The number of aromatic hydroxyl groups is 1. The summed E-state index contributed by atoms with van der Waals surface area (Å²) in [5, 5.41) is 12.5. The minimum atomic E-state index is -0.0793. The van der Waals surface area contributed by atoms with Crippen LogP contribution in [0.2, 0.25) is 0 Å². The van der Waals surface area contributed by atoms with Crippen LogP contribution in [0.4, 0.5) is 0 Å². The molecule has 0 aliphatic rings. The lowest BCUT2D eigenvalue weighted by molar-refractivity contribution is 0.474. The number of imidazole rings is 1. The number of hydrogen-bond donors (Lipinski definition) is 1. The Morgan fingerprint density at radius 3 is 1.92 bits per heavy atom. The van der Waals surface area contributed by atoms with Crippen molar-refractivity contribution in [3.05, 3.63) is 126 Å². The van der Waals surface area contributed by atoms with E-state index < -0.39 is 0 Å². The normalized spacial score (nSPS) is 12.4. The van der Waals surface area contributed by atoms with Gasteiger partial charge in [-0.2, -0.15) is 0 Å². The molecule has 0 unspecified atom stereocenters. The number of phenols is 1. The number of pyridine rings is 1. The molecule has 0 saturated carbocycles. The molecule has 2 aromatic heterocycles. The van der Waals surface area contributed by atoms with Gasteiger partial charge in [-0.3, -0.25) is 4.98 Å². The predicted octanol–water partition coefficient (Wildman–Crippen LogP) is 12.4. The van der Waals surface area contributed by atoms with Crippen molar-refractivity contribution in [1.82, 2.24) is 14.5 Å². The summed E-state index contributed by atoms with van der Waals surface area (Å²) in [6.07, 6.45) is 1.89.